The standard InChI is InChI=1S/C19H24N4O3/c1-2-26-18(24)16-8-10-22(11-9-16)19(25)20-12-15-13-21-23(14-15)17-6-4-3-5-7-17/h3-7,13-14,16H,2,8-12H2,1H3,(H,20,25). The van der Waals surface area contributed by atoms with Crippen LogP contribution in [0.4, 0.5) is 4.79 Å². The summed E-state index contributed by atoms with van der Waals surface area (Å²) in [7, 11) is 0. The normalized spacial score (nSPS) is 14.9. The van der Waals surface area contributed by atoms with E-state index in [1.807, 2.05) is 36.5 Å². The van der Waals surface area contributed by atoms with E-state index in [9.17, 15) is 9.59 Å². The van der Waals surface area contributed by atoms with E-state index in [0.717, 1.165) is 11.3 Å². The number of piperidine rings is 1. The van der Waals surface area contributed by atoms with Gasteiger partial charge in [-0.05, 0) is 31.9 Å². The molecule has 2 aromatic rings. The van der Waals surface area contributed by atoms with E-state index in [2.05, 4.69) is 10.4 Å². The van der Waals surface area contributed by atoms with Crippen molar-refractivity contribution in [3.63, 3.8) is 0 Å². The second-order valence-electron chi connectivity index (χ2n) is 6.30. The van der Waals surface area contributed by atoms with Crippen LogP contribution in [0, 0.1) is 5.92 Å². The molecule has 7 heteroatoms. The summed E-state index contributed by atoms with van der Waals surface area (Å²) in [6, 6.07) is 9.71. The number of nitrogens with zero attached hydrogens (tertiary/aromatic N) is 3. The van der Waals surface area contributed by atoms with E-state index in [0.29, 0.717) is 39.1 Å². The van der Waals surface area contributed by atoms with Gasteiger partial charge in [-0.3, -0.25) is 4.79 Å². The highest BCUT2D eigenvalue weighted by Gasteiger charge is 2.28. The van der Waals surface area contributed by atoms with Crippen molar-refractivity contribution in [2.24, 2.45) is 5.92 Å². The van der Waals surface area contributed by atoms with E-state index in [4.69, 9.17) is 4.74 Å². The Labute approximate surface area is 152 Å². The lowest BCUT2D eigenvalue weighted by Crippen LogP contribution is -2.45. The number of hydrogen-bond acceptors (Lipinski definition) is 4. The lowest BCUT2D eigenvalue weighted by Gasteiger charge is -2.30. The maximum Gasteiger partial charge on any atom is 0.317 e. The van der Waals surface area contributed by atoms with Gasteiger partial charge in [-0.15, -0.1) is 0 Å². The molecule has 0 atom stereocenters. The van der Waals surface area contributed by atoms with Gasteiger partial charge in [0.25, 0.3) is 0 Å². The molecule has 0 radical (unpaired) electrons. The Morgan fingerprint density at radius 3 is 2.65 bits per heavy atom. The second kappa shape index (κ2) is 8.51. The fraction of sp³-hybridized carbons (Fsp3) is 0.421. The summed E-state index contributed by atoms with van der Waals surface area (Å²) >= 11 is 0. The zero-order valence-corrected chi connectivity index (χ0v) is 14.9. The fourth-order valence-electron chi connectivity index (χ4n) is 3.04. The molecular weight excluding hydrogens is 332 g/mol. The van der Waals surface area contributed by atoms with Crippen LogP contribution in [0.15, 0.2) is 42.7 Å². The maximum absolute atomic E-state index is 12.3. The van der Waals surface area contributed by atoms with Gasteiger partial charge >= 0.3 is 12.0 Å². The average Bonchev–Trinajstić information content (AvgIpc) is 3.16. The third-order valence-electron chi connectivity index (χ3n) is 4.50. The van der Waals surface area contributed by atoms with Gasteiger partial charge in [0, 0.05) is 31.4 Å². The molecule has 1 aromatic heterocycles. The molecule has 138 valence electrons. The Kier molecular flexibility index (Phi) is 5.88. The van der Waals surface area contributed by atoms with Crippen molar-refractivity contribution < 1.29 is 14.3 Å². The van der Waals surface area contributed by atoms with Crippen molar-refractivity contribution in [1.29, 1.82) is 0 Å². The number of para-hydroxylation sites is 1. The summed E-state index contributed by atoms with van der Waals surface area (Å²) in [5.74, 6) is -0.246. The lowest BCUT2D eigenvalue weighted by molar-refractivity contribution is -0.149. The number of rotatable bonds is 5. The predicted molar refractivity (Wildman–Crippen MR) is 96.7 cm³/mol. The smallest absolute Gasteiger partial charge is 0.317 e. The van der Waals surface area contributed by atoms with Crippen molar-refractivity contribution in [3.05, 3.63) is 48.3 Å². The Bertz CT molecular complexity index is 736. The van der Waals surface area contributed by atoms with Crippen LogP contribution in [0.5, 0.6) is 0 Å². The van der Waals surface area contributed by atoms with Gasteiger partial charge in [0.1, 0.15) is 0 Å². The van der Waals surface area contributed by atoms with Crippen molar-refractivity contribution in [1.82, 2.24) is 20.0 Å². The number of carbonyl (C=O) groups is 2. The number of benzene rings is 1. The molecule has 0 aliphatic carbocycles. The molecular formula is C19H24N4O3. The van der Waals surface area contributed by atoms with Crippen molar-refractivity contribution >= 4 is 12.0 Å². The maximum atomic E-state index is 12.3. The van der Waals surface area contributed by atoms with Gasteiger partial charge in [-0.1, -0.05) is 18.2 Å². The van der Waals surface area contributed by atoms with E-state index in [1.165, 1.54) is 0 Å². The Morgan fingerprint density at radius 2 is 1.96 bits per heavy atom. The van der Waals surface area contributed by atoms with E-state index < -0.39 is 0 Å². The Morgan fingerprint density at radius 1 is 1.23 bits per heavy atom. The van der Waals surface area contributed by atoms with Gasteiger partial charge < -0.3 is 15.0 Å². The molecule has 1 saturated heterocycles. The molecule has 7 nitrogen and oxygen atoms in total. The topological polar surface area (TPSA) is 76.5 Å². The molecule has 0 spiro atoms. The number of nitrogens with one attached hydrogen (secondary N) is 1. The molecule has 0 saturated carbocycles. The van der Waals surface area contributed by atoms with Crippen LogP contribution in [-0.2, 0) is 16.1 Å². The van der Waals surface area contributed by atoms with Crippen LogP contribution in [0.3, 0.4) is 0 Å². The number of likely N-dealkylation sites (tertiary alicyclic amines) is 1. The molecule has 1 fully saturated rings. The average molecular weight is 356 g/mol. The minimum atomic E-state index is -0.152. The zero-order chi connectivity index (χ0) is 18.4. The summed E-state index contributed by atoms with van der Waals surface area (Å²) in [4.78, 5) is 25.8. The molecule has 2 amide bonds. The largest absolute Gasteiger partial charge is 0.466 e. The summed E-state index contributed by atoms with van der Waals surface area (Å²) in [6.07, 6.45) is 4.96. The predicted octanol–water partition coefficient (Wildman–Crippen LogP) is 2.36. The number of esters is 1. The molecule has 1 N–H and O–H groups in total. The van der Waals surface area contributed by atoms with Crippen LogP contribution in [0.25, 0.3) is 5.69 Å². The summed E-state index contributed by atoms with van der Waals surface area (Å²) in [5.41, 5.74) is 1.91. The first kappa shape index (κ1) is 18.0. The van der Waals surface area contributed by atoms with Crippen LogP contribution in [-0.4, -0.2) is 46.4 Å². The summed E-state index contributed by atoms with van der Waals surface area (Å²) < 4.78 is 6.84. The van der Waals surface area contributed by atoms with Crippen LogP contribution in [0.2, 0.25) is 0 Å². The van der Waals surface area contributed by atoms with Gasteiger partial charge in [-0.2, -0.15) is 5.10 Å². The molecule has 26 heavy (non-hydrogen) atoms. The van der Waals surface area contributed by atoms with Gasteiger partial charge in [-0.25, -0.2) is 9.48 Å². The minimum Gasteiger partial charge on any atom is -0.466 e. The number of amides is 2. The first-order chi connectivity index (χ1) is 12.7. The van der Waals surface area contributed by atoms with Crippen LogP contribution in [0.1, 0.15) is 25.3 Å². The number of aromatic nitrogens is 2. The number of ether oxygens (including phenoxy) is 1. The SMILES string of the molecule is CCOC(=O)C1CCN(C(=O)NCc2cnn(-c3ccccc3)c2)CC1. The summed E-state index contributed by atoms with van der Waals surface area (Å²) in [6.45, 7) is 3.76. The van der Waals surface area contributed by atoms with Crippen LogP contribution >= 0.6 is 0 Å². The molecule has 3 rings (SSSR count). The van der Waals surface area contributed by atoms with Crippen molar-refractivity contribution in [2.45, 2.75) is 26.3 Å². The van der Waals surface area contributed by atoms with E-state index in [1.54, 1.807) is 22.7 Å². The molecule has 1 aliphatic heterocycles. The highest BCUT2D eigenvalue weighted by atomic mass is 16.5. The van der Waals surface area contributed by atoms with Gasteiger partial charge in [0.2, 0.25) is 0 Å². The van der Waals surface area contributed by atoms with E-state index in [-0.39, 0.29) is 17.9 Å². The first-order valence-corrected chi connectivity index (χ1v) is 8.95. The van der Waals surface area contributed by atoms with E-state index >= 15 is 0 Å². The Hall–Kier alpha value is -2.83. The first-order valence-electron chi connectivity index (χ1n) is 8.95. The summed E-state index contributed by atoms with van der Waals surface area (Å²) in [5, 5.41) is 7.24. The molecule has 2 heterocycles. The Balaban J connectivity index is 1.46. The highest BCUT2D eigenvalue weighted by Crippen LogP contribution is 2.18. The molecule has 1 aromatic carbocycles. The van der Waals surface area contributed by atoms with Gasteiger partial charge in [0.15, 0.2) is 0 Å². The van der Waals surface area contributed by atoms with Crippen molar-refractivity contribution in [3.8, 4) is 5.69 Å². The lowest BCUT2D eigenvalue weighted by atomic mass is 9.97. The number of hydrogen-bond donors (Lipinski definition) is 1. The number of carbonyl (C=O) groups excluding carboxylic acids is 2. The molecule has 1 aliphatic rings. The quantitative estimate of drug-likeness (QED) is 0.835. The molecule has 0 bridgehead atoms. The minimum absolute atomic E-state index is 0.0943. The van der Waals surface area contributed by atoms with Crippen molar-refractivity contribution in [2.75, 3.05) is 19.7 Å². The third kappa shape index (κ3) is 4.41. The zero-order valence-electron chi connectivity index (χ0n) is 14.9. The second-order valence-corrected chi connectivity index (χ2v) is 6.30. The highest BCUT2D eigenvalue weighted by molar-refractivity contribution is 5.76. The van der Waals surface area contributed by atoms with Crippen LogP contribution < -0.4 is 5.32 Å². The van der Waals surface area contributed by atoms with Gasteiger partial charge in [0.05, 0.1) is 24.4 Å². The number of urea groups is 1. The third-order valence-corrected chi connectivity index (χ3v) is 4.50. The fourth-order valence-corrected chi connectivity index (χ4v) is 3.04. The molecule has 0 unspecified atom stereocenters. The monoisotopic (exact) mass is 356 g/mol.